The van der Waals surface area contributed by atoms with Gasteiger partial charge < -0.3 is 15.0 Å². The maximum absolute atomic E-state index is 12.2. The Morgan fingerprint density at radius 1 is 1.19 bits per heavy atom. The maximum Gasteiger partial charge on any atom is 0.253 e. The highest BCUT2D eigenvalue weighted by molar-refractivity contribution is 6.30. The van der Waals surface area contributed by atoms with Crippen LogP contribution >= 0.6 is 11.6 Å². The highest BCUT2D eigenvalue weighted by Crippen LogP contribution is 2.29. The first-order chi connectivity index (χ1) is 12.9. The third-order valence-corrected chi connectivity index (χ3v) is 4.17. The summed E-state index contributed by atoms with van der Waals surface area (Å²) in [5.74, 6) is 0.356. The fourth-order valence-corrected chi connectivity index (χ4v) is 2.80. The lowest BCUT2D eigenvalue weighted by molar-refractivity contribution is -0.111. The molecule has 0 radical (unpaired) electrons. The zero-order chi connectivity index (χ0) is 19.4. The molecule has 1 N–H and O–H groups in total. The summed E-state index contributed by atoms with van der Waals surface area (Å²) in [6.45, 7) is 0.380. The molecule has 0 atom stereocenters. The number of carbonyl (C=O) groups excluding carboxylic acids is 2. The molecule has 1 aliphatic rings. The van der Waals surface area contributed by atoms with Crippen LogP contribution < -0.4 is 10.1 Å². The lowest BCUT2D eigenvalue weighted by atomic mass is 10.1. The quantitative estimate of drug-likeness (QED) is 0.813. The minimum Gasteiger partial charge on any atom is -0.488 e. The molecule has 0 unspecified atom stereocenters. The van der Waals surface area contributed by atoms with Crippen LogP contribution in [0.25, 0.3) is 6.08 Å². The fraction of sp³-hybridized carbons (Fsp3) is 0.143. The number of fused-ring (bicyclic) bond motifs is 1. The fourth-order valence-electron chi connectivity index (χ4n) is 2.62. The van der Waals surface area contributed by atoms with Crippen molar-refractivity contribution in [2.75, 3.05) is 26.0 Å². The second-order valence-electron chi connectivity index (χ2n) is 6.29. The molecule has 138 valence electrons. The Labute approximate surface area is 162 Å². The Kier molecular flexibility index (Phi) is 5.62. The van der Waals surface area contributed by atoms with Gasteiger partial charge in [-0.15, -0.1) is 0 Å². The van der Waals surface area contributed by atoms with Crippen molar-refractivity contribution in [3.8, 4) is 5.75 Å². The smallest absolute Gasteiger partial charge is 0.253 e. The molecule has 3 rings (SSSR count). The summed E-state index contributed by atoms with van der Waals surface area (Å²) in [5.41, 5.74) is 2.81. The molecule has 0 fully saturated rings. The van der Waals surface area contributed by atoms with Crippen LogP contribution in [0, 0.1) is 0 Å². The van der Waals surface area contributed by atoms with Gasteiger partial charge in [-0.25, -0.2) is 0 Å². The molecule has 0 bridgehead atoms. The Hall–Kier alpha value is -3.05. The summed E-state index contributed by atoms with van der Waals surface area (Å²) >= 11 is 6.00. The van der Waals surface area contributed by atoms with Gasteiger partial charge in [0.1, 0.15) is 12.4 Å². The van der Waals surface area contributed by atoms with Crippen LogP contribution in [-0.4, -0.2) is 37.4 Å². The molecule has 1 aliphatic heterocycles. The van der Waals surface area contributed by atoms with E-state index in [0.717, 1.165) is 16.9 Å². The van der Waals surface area contributed by atoms with Crippen LogP contribution in [0.5, 0.6) is 5.75 Å². The summed E-state index contributed by atoms with van der Waals surface area (Å²) in [6.07, 6.45) is 5.07. The highest BCUT2D eigenvalue weighted by Gasteiger charge is 2.11. The number of amides is 2. The molecule has 0 aromatic heterocycles. The number of rotatable bonds is 4. The Morgan fingerprint density at radius 2 is 2.00 bits per heavy atom. The molecule has 1 heterocycles. The van der Waals surface area contributed by atoms with E-state index in [1.165, 1.54) is 11.0 Å². The van der Waals surface area contributed by atoms with Crippen molar-refractivity contribution < 1.29 is 14.3 Å². The van der Waals surface area contributed by atoms with Gasteiger partial charge in [-0.2, -0.15) is 0 Å². The molecule has 2 aromatic carbocycles. The van der Waals surface area contributed by atoms with Gasteiger partial charge in [-0.05, 0) is 48.0 Å². The van der Waals surface area contributed by atoms with E-state index in [2.05, 4.69) is 5.32 Å². The van der Waals surface area contributed by atoms with Crippen molar-refractivity contribution in [1.29, 1.82) is 0 Å². The second-order valence-corrected chi connectivity index (χ2v) is 6.73. The zero-order valence-corrected chi connectivity index (χ0v) is 15.8. The third kappa shape index (κ3) is 4.77. The SMILES string of the molecule is CN(C)C(=O)c1cccc(NC(=O)/C=C/C2=Cc3cc(Cl)ccc3OC2)c1. The van der Waals surface area contributed by atoms with Crippen LogP contribution in [0.3, 0.4) is 0 Å². The average molecular weight is 383 g/mol. The van der Waals surface area contributed by atoms with Crippen LogP contribution in [0.15, 0.2) is 60.2 Å². The summed E-state index contributed by atoms with van der Waals surface area (Å²) in [7, 11) is 3.36. The number of nitrogens with one attached hydrogen (secondary N) is 1. The molecule has 27 heavy (non-hydrogen) atoms. The number of ether oxygens (including phenoxy) is 1. The van der Waals surface area contributed by atoms with Gasteiger partial charge in [0, 0.05) is 42.0 Å². The van der Waals surface area contributed by atoms with E-state index in [1.807, 2.05) is 18.2 Å². The number of nitrogens with zero attached hydrogens (tertiary/aromatic N) is 1. The molecule has 5 nitrogen and oxygen atoms in total. The van der Waals surface area contributed by atoms with E-state index in [9.17, 15) is 9.59 Å². The van der Waals surface area contributed by atoms with Crippen molar-refractivity contribution in [3.05, 3.63) is 76.3 Å². The Morgan fingerprint density at radius 3 is 2.78 bits per heavy atom. The predicted molar refractivity (Wildman–Crippen MR) is 107 cm³/mol. The van der Waals surface area contributed by atoms with Gasteiger partial charge in [-0.1, -0.05) is 23.7 Å². The summed E-state index contributed by atoms with van der Waals surface area (Å²) in [6, 6.07) is 12.2. The molecule has 6 heteroatoms. The molecular weight excluding hydrogens is 364 g/mol. The third-order valence-electron chi connectivity index (χ3n) is 3.94. The maximum atomic E-state index is 12.2. The predicted octanol–water partition coefficient (Wildman–Crippen LogP) is 4.01. The van der Waals surface area contributed by atoms with E-state index in [0.29, 0.717) is 22.9 Å². The Bertz CT molecular complexity index is 948. The number of anilines is 1. The Balaban J connectivity index is 1.68. The van der Waals surface area contributed by atoms with Gasteiger partial charge >= 0.3 is 0 Å². The first-order valence-corrected chi connectivity index (χ1v) is 8.74. The lowest BCUT2D eigenvalue weighted by Gasteiger charge is -2.16. The van der Waals surface area contributed by atoms with Crippen LogP contribution in [0.2, 0.25) is 5.02 Å². The standard InChI is InChI=1S/C21H19ClN2O3/c1-24(2)21(26)15-4-3-5-18(12-15)23-20(25)9-6-14-10-16-11-17(22)7-8-19(16)27-13-14/h3-12H,13H2,1-2H3,(H,23,25)/b9-6+. The average Bonchev–Trinajstić information content (AvgIpc) is 2.65. The van der Waals surface area contributed by atoms with E-state index < -0.39 is 0 Å². The molecule has 0 aliphatic carbocycles. The van der Waals surface area contributed by atoms with Gasteiger partial charge in [0.2, 0.25) is 5.91 Å². The molecule has 0 saturated heterocycles. The minimum absolute atomic E-state index is 0.122. The number of hydrogen-bond acceptors (Lipinski definition) is 3. The number of halogens is 1. The van der Waals surface area contributed by atoms with Crippen LogP contribution in [0.4, 0.5) is 5.69 Å². The largest absolute Gasteiger partial charge is 0.488 e. The second kappa shape index (κ2) is 8.10. The van der Waals surface area contributed by atoms with Gasteiger partial charge in [0.05, 0.1) is 0 Å². The van der Waals surface area contributed by atoms with E-state index >= 15 is 0 Å². The number of benzene rings is 2. The molecule has 0 spiro atoms. The summed E-state index contributed by atoms with van der Waals surface area (Å²) in [4.78, 5) is 25.7. The monoisotopic (exact) mass is 382 g/mol. The van der Waals surface area contributed by atoms with Gasteiger partial charge in [0.25, 0.3) is 5.91 Å². The molecule has 0 saturated carbocycles. The molecular formula is C21H19ClN2O3. The van der Waals surface area contributed by atoms with Crippen LogP contribution in [-0.2, 0) is 4.79 Å². The topological polar surface area (TPSA) is 58.6 Å². The first kappa shape index (κ1) is 18.7. The van der Waals surface area contributed by atoms with Crippen molar-refractivity contribution in [2.45, 2.75) is 0 Å². The first-order valence-electron chi connectivity index (χ1n) is 8.36. The van der Waals surface area contributed by atoms with E-state index in [-0.39, 0.29) is 11.8 Å². The number of carbonyl (C=O) groups is 2. The van der Waals surface area contributed by atoms with Crippen molar-refractivity contribution in [2.24, 2.45) is 0 Å². The van der Waals surface area contributed by atoms with Crippen LogP contribution in [0.1, 0.15) is 15.9 Å². The molecule has 2 aromatic rings. The van der Waals surface area contributed by atoms with E-state index in [1.54, 1.807) is 50.5 Å². The van der Waals surface area contributed by atoms with Crippen molar-refractivity contribution >= 4 is 35.2 Å². The summed E-state index contributed by atoms with van der Waals surface area (Å²) in [5, 5.41) is 3.39. The lowest BCUT2D eigenvalue weighted by Crippen LogP contribution is -2.21. The van der Waals surface area contributed by atoms with Crippen molar-refractivity contribution in [1.82, 2.24) is 4.90 Å². The normalized spacial score (nSPS) is 12.8. The zero-order valence-electron chi connectivity index (χ0n) is 15.0. The molecule has 2 amide bonds. The van der Waals surface area contributed by atoms with Gasteiger partial charge in [0.15, 0.2) is 0 Å². The highest BCUT2D eigenvalue weighted by atomic mass is 35.5. The van der Waals surface area contributed by atoms with E-state index in [4.69, 9.17) is 16.3 Å². The minimum atomic E-state index is -0.290. The van der Waals surface area contributed by atoms with Gasteiger partial charge in [-0.3, -0.25) is 9.59 Å². The summed E-state index contributed by atoms with van der Waals surface area (Å²) < 4.78 is 5.65. The van der Waals surface area contributed by atoms with Crippen molar-refractivity contribution in [3.63, 3.8) is 0 Å². The number of hydrogen-bond donors (Lipinski definition) is 1.